The number of amides is 3. The molecule has 0 unspecified atom stereocenters. The first-order valence-electron chi connectivity index (χ1n) is 22.5. The van der Waals surface area contributed by atoms with Crippen molar-refractivity contribution in [2.75, 3.05) is 19.6 Å². The minimum Gasteiger partial charge on any atom is -0.352 e. The van der Waals surface area contributed by atoms with Crippen LogP contribution in [0.25, 0.3) is 32.3 Å². The van der Waals surface area contributed by atoms with Crippen LogP contribution >= 0.6 is 0 Å². The van der Waals surface area contributed by atoms with E-state index in [2.05, 4.69) is 78.3 Å². The number of benzene rings is 4. The molecule has 4 aromatic carbocycles. The number of hydrogen-bond donors (Lipinski definition) is 3. The summed E-state index contributed by atoms with van der Waals surface area (Å²) in [4.78, 5) is 40.5. The molecule has 6 nitrogen and oxygen atoms in total. The second kappa shape index (κ2) is 22.9. The van der Waals surface area contributed by atoms with E-state index in [1.165, 1.54) is 57.8 Å². The summed E-state index contributed by atoms with van der Waals surface area (Å²) < 4.78 is 0. The van der Waals surface area contributed by atoms with Gasteiger partial charge in [0.05, 0.1) is 0 Å². The van der Waals surface area contributed by atoms with Crippen molar-refractivity contribution in [1.29, 1.82) is 0 Å². The van der Waals surface area contributed by atoms with E-state index in [0.717, 1.165) is 69.3 Å². The zero-order valence-corrected chi connectivity index (χ0v) is 37.0. The summed E-state index contributed by atoms with van der Waals surface area (Å²) in [5, 5.41) is 15.2. The molecular weight excluding hydrogens is 703 g/mol. The highest BCUT2D eigenvalue weighted by atomic mass is 16.2. The van der Waals surface area contributed by atoms with Gasteiger partial charge in [-0.15, -0.1) is 0 Å². The summed E-state index contributed by atoms with van der Waals surface area (Å²) in [7, 11) is 0. The minimum absolute atomic E-state index is 0.0828. The first-order chi connectivity index (χ1) is 27.2. The van der Waals surface area contributed by atoms with Crippen LogP contribution in [0.2, 0.25) is 0 Å². The van der Waals surface area contributed by atoms with E-state index in [9.17, 15) is 14.4 Å². The van der Waals surface area contributed by atoms with Crippen LogP contribution in [0.1, 0.15) is 170 Å². The quantitative estimate of drug-likeness (QED) is 0.0619. The van der Waals surface area contributed by atoms with Gasteiger partial charge in [-0.3, -0.25) is 14.4 Å². The number of rotatable bonds is 24. The summed E-state index contributed by atoms with van der Waals surface area (Å²) in [5.74, 6) is 3.59. The van der Waals surface area contributed by atoms with Gasteiger partial charge < -0.3 is 16.0 Å². The van der Waals surface area contributed by atoms with Crippen molar-refractivity contribution in [2.45, 2.75) is 139 Å². The fourth-order valence-electron chi connectivity index (χ4n) is 8.09. The van der Waals surface area contributed by atoms with Crippen LogP contribution in [0, 0.1) is 35.5 Å². The summed E-state index contributed by atoms with van der Waals surface area (Å²) in [5.41, 5.74) is 1.82. The van der Waals surface area contributed by atoms with E-state index in [1.807, 2.05) is 54.6 Å². The molecule has 0 aromatic heterocycles. The summed E-state index contributed by atoms with van der Waals surface area (Å²) in [6.45, 7) is 22.3. The van der Waals surface area contributed by atoms with Crippen molar-refractivity contribution in [3.05, 3.63) is 71.3 Å². The van der Waals surface area contributed by atoms with E-state index >= 15 is 0 Å². The average molecular weight is 778 g/mol. The van der Waals surface area contributed by atoms with Crippen LogP contribution < -0.4 is 16.0 Å². The van der Waals surface area contributed by atoms with Crippen molar-refractivity contribution < 1.29 is 14.4 Å². The zero-order valence-electron chi connectivity index (χ0n) is 37.0. The molecule has 57 heavy (non-hydrogen) atoms. The van der Waals surface area contributed by atoms with Crippen molar-refractivity contribution in [1.82, 2.24) is 16.0 Å². The lowest BCUT2D eigenvalue weighted by Crippen LogP contribution is -2.26. The molecule has 0 spiro atoms. The van der Waals surface area contributed by atoms with Gasteiger partial charge in [0.2, 0.25) is 0 Å². The molecule has 0 aliphatic rings. The summed E-state index contributed by atoms with van der Waals surface area (Å²) in [6, 6.07) is 17.7. The fraction of sp³-hybridized carbons (Fsp3) is 0.588. The lowest BCUT2D eigenvalue weighted by atomic mass is 9.91. The highest BCUT2D eigenvalue weighted by molar-refractivity contribution is 6.27. The molecule has 0 aliphatic heterocycles. The largest absolute Gasteiger partial charge is 0.352 e. The van der Waals surface area contributed by atoms with E-state index in [1.54, 1.807) is 0 Å². The Morgan fingerprint density at radius 2 is 0.632 bits per heavy atom. The highest BCUT2D eigenvalue weighted by Crippen LogP contribution is 2.37. The van der Waals surface area contributed by atoms with Crippen LogP contribution in [0.15, 0.2) is 54.6 Å². The first kappa shape index (κ1) is 45.8. The van der Waals surface area contributed by atoms with Gasteiger partial charge in [0, 0.05) is 36.3 Å². The molecule has 0 saturated heterocycles. The van der Waals surface area contributed by atoms with Crippen LogP contribution in [0.5, 0.6) is 0 Å². The normalized spacial score (nSPS) is 13.5. The van der Waals surface area contributed by atoms with E-state index < -0.39 is 0 Å². The Hall–Kier alpha value is -3.93. The smallest absolute Gasteiger partial charge is 0.251 e. The van der Waals surface area contributed by atoms with Crippen LogP contribution in [-0.4, -0.2) is 37.4 Å². The van der Waals surface area contributed by atoms with Gasteiger partial charge >= 0.3 is 0 Å². The third-order valence-corrected chi connectivity index (χ3v) is 11.9. The Bertz CT molecular complexity index is 1660. The van der Waals surface area contributed by atoms with Gasteiger partial charge in [0.15, 0.2) is 0 Å². The van der Waals surface area contributed by atoms with Gasteiger partial charge in [-0.25, -0.2) is 0 Å². The molecule has 4 aromatic rings. The molecule has 4 rings (SSSR count). The third kappa shape index (κ3) is 14.4. The molecule has 0 saturated carbocycles. The Morgan fingerprint density at radius 3 is 0.877 bits per heavy atom. The van der Waals surface area contributed by atoms with Crippen LogP contribution in [0.3, 0.4) is 0 Å². The Morgan fingerprint density at radius 1 is 0.368 bits per heavy atom. The average Bonchev–Trinajstić information content (AvgIpc) is 3.16. The van der Waals surface area contributed by atoms with Crippen molar-refractivity contribution >= 4 is 50.0 Å². The second-order valence-corrected chi connectivity index (χ2v) is 18.7. The van der Waals surface area contributed by atoms with Gasteiger partial charge in [0.25, 0.3) is 17.7 Å². The number of hydrogen-bond acceptors (Lipinski definition) is 3. The molecule has 3 atom stereocenters. The monoisotopic (exact) mass is 778 g/mol. The second-order valence-electron chi connectivity index (χ2n) is 18.7. The molecule has 3 amide bonds. The van der Waals surface area contributed by atoms with E-state index in [-0.39, 0.29) is 17.7 Å². The van der Waals surface area contributed by atoms with E-state index in [0.29, 0.717) is 54.1 Å². The fourth-order valence-corrected chi connectivity index (χ4v) is 8.09. The molecule has 0 fully saturated rings. The standard InChI is InChI=1S/C51H75N3O3/c1-34(2)13-10-16-37(7)25-28-52-49(55)40-19-22-43-46(31-40)44-23-20-41(50(56)53-29-26-38(8)17-11-14-35(3)4)33-48(44)45-24-21-42(32-47(43)45)51(57)54-30-27-39(9)18-12-15-36(5)6/h19-24,31-39H,10-18,25-30H2,1-9H3,(H,52,55)(H,53,56)(H,54,57)/t37-,38-,39-/m0/s1. The van der Waals surface area contributed by atoms with Crippen LogP contribution in [0.4, 0.5) is 0 Å². The van der Waals surface area contributed by atoms with E-state index in [4.69, 9.17) is 0 Å². The van der Waals surface area contributed by atoms with Gasteiger partial charge in [-0.05, 0) is 123 Å². The minimum atomic E-state index is -0.0828. The number of nitrogens with one attached hydrogen (secondary N) is 3. The summed E-state index contributed by atoms with van der Waals surface area (Å²) >= 11 is 0. The van der Waals surface area contributed by atoms with Crippen molar-refractivity contribution in [2.24, 2.45) is 35.5 Å². The Kier molecular flexibility index (Phi) is 18.4. The first-order valence-corrected chi connectivity index (χ1v) is 22.5. The highest BCUT2D eigenvalue weighted by Gasteiger charge is 2.17. The molecule has 0 heterocycles. The predicted octanol–water partition coefficient (Wildman–Crippen LogP) is 12.9. The van der Waals surface area contributed by atoms with Crippen molar-refractivity contribution in [3.8, 4) is 0 Å². The Balaban J connectivity index is 1.59. The van der Waals surface area contributed by atoms with Crippen molar-refractivity contribution in [3.63, 3.8) is 0 Å². The maximum absolute atomic E-state index is 13.5. The molecule has 312 valence electrons. The third-order valence-electron chi connectivity index (χ3n) is 11.9. The molecule has 0 bridgehead atoms. The SMILES string of the molecule is CC(C)CCC[C@H](C)CCNC(=O)c1ccc2c(c1)c1ccc(C(=O)NCC[C@@H](C)CCCC(C)C)cc1c1ccc(C(=O)NCC[C@@H](C)CCCC(C)C)cc21. The van der Waals surface area contributed by atoms with Gasteiger partial charge in [0.1, 0.15) is 0 Å². The molecule has 0 radical (unpaired) electrons. The molecule has 3 N–H and O–H groups in total. The molecule has 6 heteroatoms. The maximum atomic E-state index is 13.5. The number of carbonyl (C=O) groups excluding carboxylic acids is 3. The summed E-state index contributed by atoms with van der Waals surface area (Å²) in [6.07, 6.45) is 13.8. The molecular formula is C51H75N3O3. The topological polar surface area (TPSA) is 87.3 Å². The van der Waals surface area contributed by atoms with Gasteiger partial charge in [-0.2, -0.15) is 0 Å². The maximum Gasteiger partial charge on any atom is 0.251 e. The molecule has 0 aliphatic carbocycles. The lowest BCUT2D eigenvalue weighted by molar-refractivity contribution is 0.0943. The predicted molar refractivity (Wildman–Crippen MR) is 243 cm³/mol. The van der Waals surface area contributed by atoms with Gasteiger partial charge in [-0.1, -0.05) is 138 Å². The van der Waals surface area contributed by atoms with Crippen LogP contribution in [-0.2, 0) is 0 Å². The lowest BCUT2D eigenvalue weighted by Gasteiger charge is -2.16. The zero-order chi connectivity index (χ0) is 41.5. The number of carbonyl (C=O) groups is 3. The Labute approximate surface area is 345 Å². The number of fused-ring (bicyclic) bond motifs is 6.